The maximum atomic E-state index is 4.46. The summed E-state index contributed by atoms with van der Waals surface area (Å²) in [6.45, 7) is 1.90. The molecule has 0 bridgehead atoms. The molecular weight excluding hydrogens is 268 g/mol. The Morgan fingerprint density at radius 2 is 1.95 bits per heavy atom. The Morgan fingerprint density at radius 3 is 2.71 bits per heavy atom. The second-order valence-corrected chi connectivity index (χ2v) is 5.30. The number of fused-ring (bicyclic) bond motifs is 1. The van der Waals surface area contributed by atoms with E-state index in [2.05, 4.69) is 30.0 Å². The van der Waals surface area contributed by atoms with Crippen LogP contribution < -0.4 is 4.90 Å². The van der Waals surface area contributed by atoms with Gasteiger partial charge in [0, 0.05) is 20.1 Å². The fraction of sp³-hybridized carbons (Fsp3) is 0.462. The van der Waals surface area contributed by atoms with Gasteiger partial charge in [0.05, 0.1) is 17.6 Å². The Bertz CT molecular complexity index is 739. The molecule has 8 heteroatoms. The minimum Gasteiger partial charge on any atom is -0.356 e. The first-order valence-electron chi connectivity index (χ1n) is 7.04. The maximum absolute atomic E-state index is 4.46. The van der Waals surface area contributed by atoms with Crippen LogP contribution in [0.25, 0.3) is 11.0 Å². The van der Waals surface area contributed by atoms with Crippen LogP contribution in [0, 0.1) is 0 Å². The standard InChI is InChI=1S/C13H16N8/c1-19-12-11(6-17-19)13(16-8-15-12)20-4-2-10(3-5-20)21-9-14-7-18-21/h6-10H,2-5H2,1H3. The van der Waals surface area contributed by atoms with Crippen LogP contribution in [0.2, 0.25) is 0 Å². The summed E-state index contributed by atoms with van der Waals surface area (Å²) in [5.41, 5.74) is 0.874. The van der Waals surface area contributed by atoms with Crippen molar-refractivity contribution >= 4 is 16.9 Å². The van der Waals surface area contributed by atoms with E-state index in [1.807, 2.05) is 17.9 Å². The van der Waals surface area contributed by atoms with Crippen molar-refractivity contribution in [3.63, 3.8) is 0 Å². The Balaban J connectivity index is 1.58. The van der Waals surface area contributed by atoms with E-state index >= 15 is 0 Å². The van der Waals surface area contributed by atoms with Crippen LogP contribution in [0.3, 0.4) is 0 Å². The van der Waals surface area contributed by atoms with Crippen LogP contribution in [0.1, 0.15) is 18.9 Å². The Labute approximate surface area is 121 Å². The highest BCUT2D eigenvalue weighted by Crippen LogP contribution is 2.28. The van der Waals surface area contributed by atoms with Crippen molar-refractivity contribution in [3.8, 4) is 0 Å². The lowest BCUT2D eigenvalue weighted by atomic mass is 10.1. The van der Waals surface area contributed by atoms with Crippen LogP contribution in [0.5, 0.6) is 0 Å². The molecule has 0 aliphatic carbocycles. The van der Waals surface area contributed by atoms with Gasteiger partial charge in [-0.25, -0.2) is 19.6 Å². The topological polar surface area (TPSA) is 77.5 Å². The van der Waals surface area contributed by atoms with Crippen LogP contribution >= 0.6 is 0 Å². The molecule has 4 heterocycles. The van der Waals surface area contributed by atoms with Gasteiger partial charge in [0.15, 0.2) is 5.65 Å². The normalized spacial score (nSPS) is 16.7. The maximum Gasteiger partial charge on any atom is 0.163 e. The van der Waals surface area contributed by atoms with Gasteiger partial charge in [-0.2, -0.15) is 10.2 Å². The Hall–Kier alpha value is -2.51. The van der Waals surface area contributed by atoms with Crippen LogP contribution in [0.4, 0.5) is 5.82 Å². The SMILES string of the molecule is Cn1ncc2c(N3CCC(n4cncn4)CC3)ncnc21. The van der Waals surface area contributed by atoms with Crippen LogP contribution in [-0.2, 0) is 7.05 Å². The first kappa shape index (κ1) is 12.2. The second-order valence-electron chi connectivity index (χ2n) is 5.30. The molecule has 0 aromatic carbocycles. The van der Waals surface area contributed by atoms with Gasteiger partial charge in [-0.1, -0.05) is 0 Å². The molecule has 0 N–H and O–H groups in total. The first-order chi connectivity index (χ1) is 10.3. The Morgan fingerprint density at radius 1 is 1.10 bits per heavy atom. The smallest absolute Gasteiger partial charge is 0.163 e. The van der Waals surface area contributed by atoms with Gasteiger partial charge in [-0.15, -0.1) is 0 Å². The molecule has 8 nitrogen and oxygen atoms in total. The lowest BCUT2D eigenvalue weighted by Crippen LogP contribution is -2.35. The zero-order valence-corrected chi connectivity index (χ0v) is 11.8. The summed E-state index contributed by atoms with van der Waals surface area (Å²) in [7, 11) is 1.90. The van der Waals surface area contributed by atoms with Crippen molar-refractivity contribution in [2.75, 3.05) is 18.0 Å². The van der Waals surface area contributed by atoms with E-state index in [4.69, 9.17) is 0 Å². The molecule has 0 saturated carbocycles. The van der Waals surface area contributed by atoms with Gasteiger partial charge in [0.25, 0.3) is 0 Å². The van der Waals surface area contributed by atoms with E-state index in [0.29, 0.717) is 6.04 Å². The van der Waals surface area contributed by atoms with Gasteiger partial charge in [0.1, 0.15) is 24.8 Å². The molecule has 4 rings (SSSR count). The van der Waals surface area contributed by atoms with Gasteiger partial charge >= 0.3 is 0 Å². The molecule has 0 radical (unpaired) electrons. The molecule has 1 aliphatic heterocycles. The molecule has 108 valence electrons. The summed E-state index contributed by atoms with van der Waals surface area (Å²) in [5, 5.41) is 9.52. The highest BCUT2D eigenvalue weighted by Gasteiger charge is 2.23. The number of nitrogens with zero attached hydrogens (tertiary/aromatic N) is 8. The molecule has 1 fully saturated rings. The number of aryl methyl sites for hydroxylation is 1. The zero-order chi connectivity index (χ0) is 14.2. The summed E-state index contributed by atoms with van der Waals surface area (Å²) < 4.78 is 3.74. The number of piperidine rings is 1. The largest absolute Gasteiger partial charge is 0.356 e. The molecule has 21 heavy (non-hydrogen) atoms. The molecule has 1 aliphatic rings. The molecule has 3 aromatic heterocycles. The third kappa shape index (κ3) is 2.03. The van der Waals surface area contributed by atoms with Gasteiger partial charge in [-0.05, 0) is 12.8 Å². The minimum atomic E-state index is 0.426. The van der Waals surface area contributed by atoms with E-state index in [-0.39, 0.29) is 0 Å². The predicted molar refractivity (Wildman–Crippen MR) is 76.8 cm³/mol. The molecule has 1 saturated heterocycles. The molecule has 0 atom stereocenters. The van der Waals surface area contributed by atoms with Crippen LogP contribution in [0.15, 0.2) is 25.2 Å². The van der Waals surface area contributed by atoms with E-state index in [1.165, 1.54) is 0 Å². The highest BCUT2D eigenvalue weighted by molar-refractivity contribution is 5.86. The molecule has 0 spiro atoms. The monoisotopic (exact) mass is 284 g/mol. The quantitative estimate of drug-likeness (QED) is 0.692. The average molecular weight is 284 g/mol. The fourth-order valence-corrected chi connectivity index (χ4v) is 2.95. The van der Waals surface area contributed by atoms with Crippen LogP contribution in [-0.4, -0.2) is 47.6 Å². The second kappa shape index (κ2) is 4.80. The minimum absolute atomic E-state index is 0.426. The number of hydrogen-bond acceptors (Lipinski definition) is 6. The van der Waals surface area contributed by atoms with E-state index in [9.17, 15) is 0 Å². The van der Waals surface area contributed by atoms with Gasteiger partial charge < -0.3 is 4.90 Å². The zero-order valence-electron chi connectivity index (χ0n) is 11.8. The van der Waals surface area contributed by atoms with Gasteiger partial charge in [-0.3, -0.25) is 4.68 Å². The van der Waals surface area contributed by atoms with Crippen molar-refractivity contribution in [1.29, 1.82) is 0 Å². The van der Waals surface area contributed by atoms with E-state index in [0.717, 1.165) is 42.8 Å². The van der Waals surface area contributed by atoms with E-state index < -0.39 is 0 Å². The molecule has 3 aromatic rings. The van der Waals surface area contributed by atoms with Crippen molar-refractivity contribution in [1.82, 2.24) is 34.5 Å². The van der Waals surface area contributed by atoms with Crippen molar-refractivity contribution in [3.05, 3.63) is 25.2 Å². The predicted octanol–water partition coefficient (Wildman–Crippen LogP) is 0.796. The number of rotatable bonds is 2. The summed E-state index contributed by atoms with van der Waals surface area (Å²) in [6.07, 6.45) is 8.92. The van der Waals surface area contributed by atoms with Crippen molar-refractivity contribution in [2.45, 2.75) is 18.9 Å². The Kier molecular flexibility index (Phi) is 2.80. The summed E-state index contributed by atoms with van der Waals surface area (Å²) in [6, 6.07) is 0.426. The summed E-state index contributed by atoms with van der Waals surface area (Å²) in [4.78, 5) is 15.1. The fourth-order valence-electron chi connectivity index (χ4n) is 2.95. The number of aromatic nitrogens is 7. The first-order valence-corrected chi connectivity index (χ1v) is 7.04. The highest BCUT2D eigenvalue weighted by atomic mass is 15.3. The lowest BCUT2D eigenvalue weighted by molar-refractivity contribution is 0.365. The average Bonchev–Trinajstić information content (AvgIpc) is 3.18. The summed E-state index contributed by atoms with van der Waals surface area (Å²) in [5.74, 6) is 0.977. The van der Waals surface area contributed by atoms with E-state index in [1.54, 1.807) is 23.7 Å². The van der Waals surface area contributed by atoms with Crippen molar-refractivity contribution in [2.24, 2.45) is 7.05 Å². The van der Waals surface area contributed by atoms with Crippen molar-refractivity contribution < 1.29 is 0 Å². The summed E-state index contributed by atoms with van der Waals surface area (Å²) >= 11 is 0. The third-order valence-electron chi connectivity index (χ3n) is 4.08. The molecule has 0 unspecified atom stereocenters. The molecular formula is C13H16N8. The number of hydrogen-bond donors (Lipinski definition) is 0. The lowest BCUT2D eigenvalue weighted by Gasteiger charge is -2.32. The van der Waals surface area contributed by atoms with Gasteiger partial charge in [0.2, 0.25) is 0 Å². The number of anilines is 1. The third-order valence-corrected chi connectivity index (χ3v) is 4.08. The molecule has 0 amide bonds.